The topological polar surface area (TPSA) is 84.5 Å². The van der Waals surface area contributed by atoms with Gasteiger partial charge >= 0.3 is 0 Å². The molecule has 166 valence electrons. The maximum Gasteiger partial charge on any atom is 0.264 e. The second kappa shape index (κ2) is 8.80. The molecule has 3 aromatic rings. The van der Waals surface area contributed by atoms with Gasteiger partial charge in [-0.05, 0) is 60.4 Å². The summed E-state index contributed by atoms with van der Waals surface area (Å²) in [7, 11) is -2.83. The Kier molecular flexibility index (Phi) is 6.08. The Labute approximate surface area is 190 Å². The Hall–Kier alpha value is -3.10. The van der Waals surface area contributed by atoms with Crippen LogP contribution in [0.4, 0.5) is 10.1 Å². The number of carbonyl (C=O) groups is 1. The van der Waals surface area contributed by atoms with Crippen LogP contribution in [-0.2, 0) is 16.4 Å². The Morgan fingerprint density at radius 3 is 2.56 bits per heavy atom. The third kappa shape index (κ3) is 4.42. The number of benzene rings is 3. The molecular weight excluding hydrogens is 455 g/mol. The van der Waals surface area contributed by atoms with Crippen molar-refractivity contribution in [3.8, 4) is 5.75 Å². The van der Waals surface area contributed by atoms with Crippen LogP contribution in [-0.4, -0.2) is 21.4 Å². The standard InChI is InChI=1S/C23H20ClFN2O4S/c1-31-16-9-7-15(8-10-16)27-32(29,30)22-12-18(19(24)13-20(22)25)23(28)26-21-11-6-14-4-2-3-5-17(14)21/h2-5,7-10,12-13,21,27H,6,11H2,1H3,(H,26,28). The smallest absolute Gasteiger partial charge is 0.264 e. The molecule has 3 aromatic carbocycles. The summed E-state index contributed by atoms with van der Waals surface area (Å²) in [5, 5.41) is 2.71. The Bertz CT molecular complexity index is 1280. The zero-order valence-corrected chi connectivity index (χ0v) is 18.6. The highest BCUT2D eigenvalue weighted by Crippen LogP contribution is 2.32. The molecule has 0 radical (unpaired) electrons. The Morgan fingerprint density at radius 2 is 1.84 bits per heavy atom. The Balaban J connectivity index is 1.60. The largest absolute Gasteiger partial charge is 0.497 e. The highest BCUT2D eigenvalue weighted by Gasteiger charge is 2.27. The van der Waals surface area contributed by atoms with Crippen molar-refractivity contribution < 1.29 is 22.3 Å². The fourth-order valence-corrected chi connectivity index (χ4v) is 5.10. The molecule has 6 nitrogen and oxygen atoms in total. The van der Waals surface area contributed by atoms with E-state index >= 15 is 0 Å². The van der Waals surface area contributed by atoms with Crippen LogP contribution in [0.5, 0.6) is 5.75 Å². The fraction of sp³-hybridized carbons (Fsp3) is 0.174. The van der Waals surface area contributed by atoms with Gasteiger partial charge in [0, 0.05) is 5.69 Å². The lowest BCUT2D eigenvalue weighted by molar-refractivity contribution is 0.0936. The minimum Gasteiger partial charge on any atom is -0.497 e. The summed E-state index contributed by atoms with van der Waals surface area (Å²) in [6.07, 6.45) is 1.54. The first kappa shape index (κ1) is 22.1. The summed E-state index contributed by atoms with van der Waals surface area (Å²) in [4.78, 5) is 12.2. The molecule has 32 heavy (non-hydrogen) atoms. The summed E-state index contributed by atoms with van der Waals surface area (Å²) in [6, 6.07) is 15.4. The van der Waals surface area contributed by atoms with Gasteiger partial charge in [0.05, 0.1) is 23.7 Å². The fourth-order valence-electron chi connectivity index (χ4n) is 3.72. The molecular formula is C23H20ClFN2O4S. The van der Waals surface area contributed by atoms with Gasteiger partial charge in [-0.3, -0.25) is 9.52 Å². The lowest BCUT2D eigenvalue weighted by atomic mass is 10.1. The third-order valence-electron chi connectivity index (χ3n) is 5.34. The van der Waals surface area contributed by atoms with Crippen molar-refractivity contribution in [2.75, 3.05) is 11.8 Å². The van der Waals surface area contributed by atoms with Gasteiger partial charge in [0.25, 0.3) is 15.9 Å². The van der Waals surface area contributed by atoms with Crippen molar-refractivity contribution in [1.82, 2.24) is 5.32 Å². The molecule has 0 fully saturated rings. The molecule has 2 N–H and O–H groups in total. The lowest BCUT2D eigenvalue weighted by Gasteiger charge is -2.16. The maximum absolute atomic E-state index is 14.6. The van der Waals surface area contributed by atoms with E-state index in [9.17, 15) is 17.6 Å². The van der Waals surface area contributed by atoms with Crippen molar-refractivity contribution >= 4 is 33.2 Å². The monoisotopic (exact) mass is 474 g/mol. The van der Waals surface area contributed by atoms with Gasteiger partial charge in [0.2, 0.25) is 0 Å². The number of carbonyl (C=O) groups excluding carboxylic acids is 1. The van der Waals surface area contributed by atoms with Gasteiger partial charge in [-0.15, -0.1) is 0 Å². The van der Waals surface area contributed by atoms with E-state index in [1.165, 1.54) is 19.2 Å². The van der Waals surface area contributed by atoms with E-state index in [0.29, 0.717) is 12.2 Å². The number of methoxy groups -OCH3 is 1. The van der Waals surface area contributed by atoms with Gasteiger partial charge in [-0.2, -0.15) is 0 Å². The number of halogens is 2. The van der Waals surface area contributed by atoms with Crippen LogP contribution in [0.25, 0.3) is 0 Å². The molecule has 0 bridgehead atoms. The molecule has 1 atom stereocenters. The summed E-state index contributed by atoms with van der Waals surface area (Å²) < 4.78 is 47.5. The van der Waals surface area contributed by atoms with Crippen LogP contribution in [0, 0.1) is 5.82 Å². The van der Waals surface area contributed by atoms with Crippen LogP contribution in [0.1, 0.15) is 33.9 Å². The number of anilines is 1. The molecule has 0 saturated carbocycles. The predicted octanol–water partition coefficient (Wildman–Crippen LogP) is 4.71. The van der Waals surface area contributed by atoms with Crippen molar-refractivity contribution in [3.05, 3.63) is 88.2 Å². The molecule has 0 spiro atoms. The maximum atomic E-state index is 14.6. The van der Waals surface area contributed by atoms with Gasteiger partial charge in [0.15, 0.2) is 0 Å². The van der Waals surface area contributed by atoms with E-state index in [1.807, 2.05) is 24.3 Å². The van der Waals surface area contributed by atoms with Crippen LogP contribution < -0.4 is 14.8 Å². The van der Waals surface area contributed by atoms with Crippen molar-refractivity contribution in [1.29, 1.82) is 0 Å². The van der Waals surface area contributed by atoms with Crippen molar-refractivity contribution in [3.63, 3.8) is 0 Å². The molecule has 1 aliphatic rings. The molecule has 0 saturated heterocycles. The summed E-state index contributed by atoms with van der Waals surface area (Å²) in [5.74, 6) is -1.09. The van der Waals surface area contributed by atoms with E-state index in [-0.39, 0.29) is 22.3 Å². The normalized spacial score (nSPS) is 15.2. The first-order valence-corrected chi connectivity index (χ1v) is 11.7. The zero-order valence-electron chi connectivity index (χ0n) is 17.1. The molecule has 0 heterocycles. The molecule has 0 aromatic heterocycles. The zero-order chi connectivity index (χ0) is 22.9. The summed E-state index contributed by atoms with van der Waals surface area (Å²) in [5.41, 5.74) is 2.25. The average Bonchev–Trinajstić information content (AvgIpc) is 3.16. The first-order valence-electron chi connectivity index (χ1n) is 9.83. The number of nitrogens with one attached hydrogen (secondary N) is 2. The van der Waals surface area contributed by atoms with Crippen molar-refractivity contribution in [2.24, 2.45) is 0 Å². The number of ether oxygens (including phenoxy) is 1. The van der Waals surface area contributed by atoms with Crippen LogP contribution in [0.15, 0.2) is 65.6 Å². The van der Waals surface area contributed by atoms with Gasteiger partial charge in [-0.1, -0.05) is 35.9 Å². The first-order chi connectivity index (χ1) is 15.3. The highest BCUT2D eigenvalue weighted by molar-refractivity contribution is 7.92. The van der Waals surface area contributed by atoms with Crippen LogP contribution in [0.3, 0.4) is 0 Å². The molecule has 1 aliphatic carbocycles. The van der Waals surface area contributed by atoms with Gasteiger partial charge in [0.1, 0.15) is 16.5 Å². The number of rotatable bonds is 6. The molecule has 9 heteroatoms. The molecule has 1 amide bonds. The van der Waals surface area contributed by atoms with Gasteiger partial charge in [-0.25, -0.2) is 12.8 Å². The van der Waals surface area contributed by atoms with E-state index in [0.717, 1.165) is 29.7 Å². The summed E-state index contributed by atoms with van der Waals surface area (Å²) >= 11 is 6.10. The SMILES string of the molecule is COc1ccc(NS(=O)(=O)c2cc(C(=O)NC3CCc4ccccc43)c(Cl)cc2F)cc1. The minimum absolute atomic E-state index is 0.118. The van der Waals surface area contributed by atoms with E-state index < -0.39 is 26.6 Å². The quantitative estimate of drug-likeness (QED) is 0.542. The second-order valence-corrected chi connectivity index (χ2v) is 9.42. The number of sulfonamides is 1. The van der Waals surface area contributed by atoms with E-state index in [2.05, 4.69) is 10.0 Å². The number of fused-ring (bicyclic) bond motifs is 1. The van der Waals surface area contributed by atoms with Crippen LogP contribution >= 0.6 is 11.6 Å². The average molecular weight is 475 g/mol. The number of hydrogen-bond donors (Lipinski definition) is 2. The molecule has 0 aliphatic heterocycles. The van der Waals surface area contributed by atoms with Crippen LogP contribution in [0.2, 0.25) is 5.02 Å². The number of amides is 1. The third-order valence-corrected chi connectivity index (χ3v) is 7.05. The van der Waals surface area contributed by atoms with Gasteiger partial charge < -0.3 is 10.1 Å². The van der Waals surface area contributed by atoms with E-state index in [1.54, 1.807) is 12.1 Å². The highest BCUT2D eigenvalue weighted by atomic mass is 35.5. The minimum atomic E-state index is -4.32. The molecule has 4 rings (SSSR count). The number of aryl methyl sites for hydroxylation is 1. The summed E-state index contributed by atoms with van der Waals surface area (Å²) in [6.45, 7) is 0. The lowest BCUT2D eigenvalue weighted by Crippen LogP contribution is -2.28. The van der Waals surface area contributed by atoms with E-state index in [4.69, 9.17) is 16.3 Å². The number of hydrogen-bond acceptors (Lipinski definition) is 4. The predicted molar refractivity (Wildman–Crippen MR) is 120 cm³/mol. The Morgan fingerprint density at radius 1 is 1.12 bits per heavy atom. The second-order valence-electron chi connectivity index (χ2n) is 7.36. The molecule has 1 unspecified atom stereocenters. The van der Waals surface area contributed by atoms with Crippen molar-refractivity contribution in [2.45, 2.75) is 23.8 Å².